The highest BCUT2D eigenvalue weighted by Gasteiger charge is 2.24. The summed E-state index contributed by atoms with van der Waals surface area (Å²) in [7, 11) is 0. The second-order valence-corrected chi connectivity index (χ2v) is 5.31. The predicted octanol–water partition coefficient (Wildman–Crippen LogP) is 1.91. The summed E-state index contributed by atoms with van der Waals surface area (Å²) >= 11 is 0. The van der Waals surface area contributed by atoms with Gasteiger partial charge in [0.1, 0.15) is 0 Å². The van der Waals surface area contributed by atoms with Crippen molar-refractivity contribution in [3.63, 3.8) is 0 Å². The molecule has 4 heteroatoms. The smallest absolute Gasteiger partial charge is 0.0695 e. The molecule has 1 aliphatic carbocycles. The summed E-state index contributed by atoms with van der Waals surface area (Å²) in [5, 5.41) is 10.3. The molecule has 0 radical (unpaired) electrons. The summed E-state index contributed by atoms with van der Waals surface area (Å²) in [4.78, 5) is 2.27. The second-order valence-electron chi connectivity index (χ2n) is 5.31. The van der Waals surface area contributed by atoms with Crippen LogP contribution in [-0.4, -0.2) is 62.2 Å². The average molecular weight is 273 g/mol. The lowest BCUT2D eigenvalue weighted by atomic mass is 10.0. The fraction of sp³-hybridized carbons (Fsp3) is 1.00. The summed E-state index contributed by atoms with van der Waals surface area (Å²) in [6.45, 7) is 9.52. The van der Waals surface area contributed by atoms with Crippen LogP contribution in [0.15, 0.2) is 0 Å². The lowest BCUT2D eigenvalue weighted by Gasteiger charge is -2.27. The SMILES string of the molecule is CCOCCN(CCOCC)CC(O)C1CCCC1. The third kappa shape index (κ3) is 7.25. The minimum Gasteiger partial charge on any atom is -0.392 e. The third-order valence-electron chi connectivity index (χ3n) is 3.90. The number of hydrogen-bond acceptors (Lipinski definition) is 4. The molecule has 114 valence electrons. The molecule has 1 N–H and O–H groups in total. The summed E-state index contributed by atoms with van der Waals surface area (Å²) in [5.74, 6) is 0.502. The van der Waals surface area contributed by atoms with Gasteiger partial charge in [-0.25, -0.2) is 0 Å². The molecule has 19 heavy (non-hydrogen) atoms. The van der Waals surface area contributed by atoms with E-state index in [2.05, 4.69) is 4.90 Å². The van der Waals surface area contributed by atoms with Gasteiger partial charge in [0.25, 0.3) is 0 Å². The number of aliphatic hydroxyl groups is 1. The molecule has 0 heterocycles. The molecule has 0 bridgehead atoms. The van der Waals surface area contributed by atoms with E-state index in [4.69, 9.17) is 9.47 Å². The van der Waals surface area contributed by atoms with Gasteiger partial charge in [0.05, 0.1) is 19.3 Å². The first-order chi connectivity index (χ1) is 9.27. The van der Waals surface area contributed by atoms with Crippen LogP contribution in [-0.2, 0) is 9.47 Å². The molecule has 1 unspecified atom stereocenters. The van der Waals surface area contributed by atoms with Crippen LogP contribution in [0.5, 0.6) is 0 Å². The Hall–Kier alpha value is -0.160. The second kappa shape index (κ2) is 10.6. The maximum atomic E-state index is 10.3. The van der Waals surface area contributed by atoms with Crippen molar-refractivity contribution in [3.8, 4) is 0 Å². The monoisotopic (exact) mass is 273 g/mol. The number of aliphatic hydroxyl groups excluding tert-OH is 1. The summed E-state index contributed by atoms with van der Waals surface area (Å²) in [6.07, 6.45) is 4.74. The lowest BCUT2D eigenvalue weighted by molar-refractivity contribution is 0.0331. The Kier molecular flexibility index (Phi) is 9.43. The molecule has 0 aromatic rings. The van der Waals surface area contributed by atoms with Gasteiger partial charge in [-0.1, -0.05) is 12.8 Å². The fourth-order valence-corrected chi connectivity index (χ4v) is 2.73. The normalized spacial score (nSPS) is 18.3. The van der Waals surface area contributed by atoms with Gasteiger partial charge in [0.15, 0.2) is 0 Å². The Morgan fingerprint density at radius 1 is 1.05 bits per heavy atom. The first kappa shape index (κ1) is 16.9. The van der Waals surface area contributed by atoms with Crippen LogP contribution >= 0.6 is 0 Å². The number of ether oxygens (including phenoxy) is 2. The van der Waals surface area contributed by atoms with Crippen molar-refractivity contribution in [3.05, 3.63) is 0 Å². The van der Waals surface area contributed by atoms with Gasteiger partial charge < -0.3 is 14.6 Å². The van der Waals surface area contributed by atoms with E-state index in [1.165, 1.54) is 25.7 Å². The predicted molar refractivity (Wildman–Crippen MR) is 77.4 cm³/mol. The van der Waals surface area contributed by atoms with Crippen molar-refractivity contribution in [2.45, 2.75) is 45.6 Å². The molecular formula is C15H31NO3. The Morgan fingerprint density at radius 2 is 1.58 bits per heavy atom. The zero-order valence-electron chi connectivity index (χ0n) is 12.6. The molecule has 4 nitrogen and oxygen atoms in total. The molecule has 0 aromatic carbocycles. The highest BCUT2D eigenvalue weighted by atomic mass is 16.5. The maximum Gasteiger partial charge on any atom is 0.0695 e. The molecule has 1 atom stereocenters. The molecule has 0 aromatic heterocycles. The highest BCUT2D eigenvalue weighted by molar-refractivity contribution is 4.77. The van der Waals surface area contributed by atoms with Crippen molar-refractivity contribution in [1.82, 2.24) is 4.90 Å². The van der Waals surface area contributed by atoms with E-state index < -0.39 is 0 Å². The van der Waals surface area contributed by atoms with Gasteiger partial charge in [-0.05, 0) is 32.6 Å². The van der Waals surface area contributed by atoms with Crippen molar-refractivity contribution in [1.29, 1.82) is 0 Å². The lowest BCUT2D eigenvalue weighted by Crippen LogP contribution is -2.39. The first-order valence-electron chi connectivity index (χ1n) is 7.83. The maximum absolute atomic E-state index is 10.3. The fourth-order valence-electron chi connectivity index (χ4n) is 2.73. The summed E-state index contributed by atoms with van der Waals surface area (Å²) in [6, 6.07) is 0. The van der Waals surface area contributed by atoms with E-state index in [1.54, 1.807) is 0 Å². The standard InChI is InChI=1S/C15H31NO3/c1-3-18-11-9-16(10-12-19-4-2)13-15(17)14-7-5-6-8-14/h14-15,17H,3-13H2,1-2H3. The van der Waals surface area contributed by atoms with Gasteiger partial charge >= 0.3 is 0 Å². The Balaban J connectivity index is 2.28. The zero-order chi connectivity index (χ0) is 13.9. The highest BCUT2D eigenvalue weighted by Crippen LogP contribution is 2.27. The van der Waals surface area contributed by atoms with Gasteiger partial charge in [-0.3, -0.25) is 4.90 Å². The van der Waals surface area contributed by atoms with Gasteiger partial charge in [0, 0.05) is 32.8 Å². The molecule has 0 saturated heterocycles. The van der Waals surface area contributed by atoms with Crippen LogP contribution in [0.1, 0.15) is 39.5 Å². The van der Waals surface area contributed by atoms with E-state index in [1.807, 2.05) is 13.8 Å². The Morgan fingerprint density at radius 3 is 2.05 bits per heavy atom. The summed E-state index contributed by atoms with van der Waals surface area (Å²) < 4.78 is 10.8. The van der Waals surface area contributed by atoms with E-state index in [0.717, 1.165) is 46.1 Å². The quantitative estimate of drug-likeness (QED) is 0.584. The minimum atomic E-state index is -0.189. The Bertz CT molecular complexity index is 198. The zero-order valence-corrected chi connectivity index (χ0v) is 12.6. The molecular weight excluding hydrogens is 242 g/mol. The van der Waals surface area contributed by atoms with Crippen LogP contribution in [0.25, 0.3) is 0 Å². The average Bonchev–Trinajstić information content (AvgIpc) is 2.93. The van der Waals surface area contributed by atoms with E-state index >= 15 is 0 Å². The van der Waals surface area contributed by atoms with Gasteiger partial charge in [0.2, 0.25) is 0 Å². The number of hydrogen-bond donors (Lipinski definition) is 1. The van der Waals surface area contributed by atoms with E-state index in [0.29, 0.717) is 5.92 Å². The van der Waals surface area contributed by atoms with Crippen molar-refractivity contribution >= 4 is 0 Å². The van der Waals surface area contributed by atoms with Gasteiger partial charge in [-0.15, -0.1) is 0 Å². The van der Waals surface area contributed by atoms with E-state index in [9.17, 15) is 5.11 Å². The van der Waals surface area contributed by atoms with Crippen LogP contribution < -0.4 is 0 Å². The summed E-state index contributed by atoms with van der Waals surface area (Å²) in [5.41, 5.74) is 0. The first-order valence-corrected chi connectivity index (χ1v) is 7.83. The van der Waals surface area contributed by atoms with Crippen molar-refractivity contribution in [2.24, 2.45) is 5.92 Å². The van der Waals surface area contributed by atoms with Crippen LogP contribution in [0, 0.1) is 5.92 Å². The van der Waals surface area contributed by atoms with Crippen molar-refractivity contribution in [2.75, 3.05) is 46.1 Å². The molecule has 1 fully saturated rings. The van der Waals surface area contributed by atoms with Gasteiger partial charge in [-0.2, -0.15) is 0 Å². The molecule has 1 saturated carbocycles. The molecule has 0 spiro atoms. The van der Waals surface area contributed by atoms with E-state index in [-0.39, 0.29) is 6.10 Å². The van der Waals surface area contributed by atoms with Crippen LogP contribution in [0.2, 0.25) is 0 Å². The number of rotatable bonds is 11. The topological polar surface area (TPSA) is 41.9 Å². The molecule has 1 aliphatic rings. The molecule has 0 amide bonds. The van der Waals surface area contributed by atoms with Crippen molar-refractivity contribution < 1.29 is 14.6 Å². The largest absolute Gasteiger partial charge is 0.392 e. The van der Waals surface area contributed by atoms with Crippen LogP contribution in [0.4, 0.5) is 0 Å². The molecule has 0 aliphatic heterocycles. The molecule has 1 rings (SSSR count). The third-order valence-corrected chi connectivity index (χ3v) is 3.90. The van der Waals surface area contributed by atoms with Crippen LogP contribution in [0.3, 0.4) is 0 Å². The Labute approximate surface area is 118 Å². The minimum absolute atomic E-state index is 0.189. The number of nitrogens with zero attached hydrogens (tertiary/aromatic N) is 1.